The molecule has 188 valence electrons. The van der Waals surface area contributed by atoms with Gasteiger partial charge in [0.1, 0.15) is 18.1 Å². The van der Waals surface area contributed by atoms with E-state index in [1.54, 1.807) is 0 Å². The van der Waals surface area contributed by atoms with Crippen LogP contribution in [0.1, 0.15) is 52.4 Å². The molecule has 1 rings (SSSR count). The Morgan fingerprint density at radius 3 is 2.33 bits per heavy atom. The molecular formula is C21H36N4O7S. The van der Waals surface area contributed by atoms with Crippen LogP contribution in [0.4, 0.5) is 0 Å². The molecule has 1 heterocycles. The fourth-order valence-corrected chi connectivity index (χ4v) is 4.04. The van der Waals surface area contributed by atoms with Gasteiger partial charge in [0, 0.05) is 13.0 Å². The Labute approximate surface area is 198 Å². The molecule has 0 radical (unpaired) electrons. The maximum Gasteiger partial charge on any atom is 0.326 e. The second kappa shape index (κ2) is 14.0. The van der Waals surface area contributed by atoms with E-state index in [-0.39, 0.29) is 12.3 Å². The van der Waals surface area contributed by atoms with Crippen LogP contribution < -0.4 is 16.4 Å². The number of likely N-dealkylation sites (tertiary alicyclic amines) is 1. The molecule has 33 heavy (non-hydrogen) atoms. The van der Waals surface area contributed by atoms with Gasteiger partial charge in [0.05, 0.1) is 6.04 Å². The van der Waals surface area contributed by atoms with E-state index in [4.69, 9.17) is 10.8 Å². The van der Waals surface area contributed by atoms with Gasteiger partial charge in [0.15, 0.2) is 0 Å². The van der Waals surface area contributed by atoms with Gasteiger partial charge in [-0.3, -0.25) is 19.2 Å². The second-order valence-electron chi connectivity index (χ2n) is 8.28. The predicted molar refractivity (Wildman–Crippen MR) is 124 cm³/mol. The summed E-state index contributed by atoms with van der Waals surface area (Å²) >= 11 is 1.52. The van der Waals surface area contributed by atoms with Crippen molar-refractivity contribution in [1.29, 1.82) is 0 Å². The average Bonchev–Trinajstić information content (AvgIpc) is 3.27. The molecule has 0 aromatic carbocycles. The second-order valence-corrected chi connectivity index (χ2v) is 9.26. The normalized spacial score (nSPS) is 19.3. The standard InChI is InChI=1S/C21H36N4O7S/c1-4-12(2)17(22)19(29)23-13(9-11-33-3)20(30)25-10-5-6-15(25)18(28)24-14(21(31)32)7-8-16(26)27/h12-15,17H,4-11,22H2,1-3H3,(H,23,29)(H,24,28)(H,26,27)(H,31,32). The van der Waals surface area contributed by atoms with Crippen LogP contribution in [0.3, 0.4) is 0 Å². The van der Waals surface area contributed by atoms with Crippen LogP contribution in [0.2, 0.25) is 0 Å². The zero-order valence-corrected chi connectivity index (χ0v) is 20.2. The van der Waals surface area contributed by atoms with Crippen LogP contribution in [0.25, 0.3) is 0 Å². The monoisotopic (exact) mass is 488 g/mol. The summed E-state index contributed by atoms with van der Waals surface area (Å²) in [4.78, 5) is 62.2. The van der Waals surface area contributed by atoms with Gasteiger partial charge in [0.2, 0.25) is 17.7 Å². The minimum absolute atomic E-state index is 0.0645. The van der Waals surface area contributed by atoms with Crippen molar-refractivity contribution in [3.63, 3.8) is 0 Å². The Hall–Kier alpha value is -2.34. The number of thioether (sulfide) groups is 1. The third-order valence-corrected chi connectivity index (χ3v) is 6.53. The minimum Gasteiger partial charge on any atom is -0.481 e. The van der Waals surface area contributed by atoms with Gasteiger partial charge in [-0.05, 0) is 43.6 Å². The van der Waals surface area contributed by atoms with Crippen LogP contribution in [-0.4, -0.2) is 87.5 Å². The van der Waals surface area contributed by atoms with Crippen LogP contribution >= 0.6 is 11.8 Å². The van der Waals surface area contributed by atoms with Crippen molar-refractivity contribution in [2.75, 3.05) is 18.6 Å². The molecule has 1 aliphatic heterocycles. The summed E-state index contributed by atoms with van der Waals surface area (Å²) in [5.74, 6) is -3.46. The number of carboxylic acids is 2. The van der Waals surface area contributed by atoms with Crippen molar-refractivity contribution in [1.82, 2.24) is 15.5 Å². The lowest BCUT2D eigenvalue weighted by Gasteiger charge is -2.30. The number of aliphatic carboxylic acids is 2. The fourth-order valence-electron chi connectivity index (χ4n) is 3.57. The van der Waals surface area contributed by atoms with E-state index in [0.29, 0.717) is 38.0 Å². The SMILES string of the molecule is CCC(C)C(N)C(=O)NC(CCSC)C(=O)N1CCCC1C(=O)NC(CCC(=O)O)C(=O)O. The van der Waals surface area contributed by atoms with Gasteiger partial charge in [-0.15, -0.1) is 0 Å². The Balaban J connectivity index is 2.93. The molecule has 1 saturated heterocycles. The van der Waals surface area contributed by atoms with Crippen molar-refractivity contribution >= 4 is 41.4 Å². The molecule has 6 N–H and O–H groups in total. The topological polar surface area (TPSA) is 179 Å². The Morgan fingerprint density at radius 1 is 1.12 bits per heavy atom. The Bertz CT molecular complexity index is 721. The van der Waals surface area contributed by atoms with E-state index >= 15 is 0 Å². The van der Waals surface area contributed by atoms with E-state index < -0.39 is 60.2 Å². The van der Waals surface area contributed by atoms with Gasteiger partial charge < -0.3 is 31.5 Å². The van der Waals surface area contributed by atoms with Gasteiger partial charge in [-0.1, -0.05) is 20.3 Å². The van der Waals surface area contributed by atoms with Gasteiger partial charge in [0.25, 0.3) is 0 Å². The van der Waals surface area contributed by atoms with Gasteiger partial charge >= 0.3 is 11.9 Å². The molecule has 3 amide bonds. The lowest BCUT2D eigenvalue weighted by Crippen LogP contribution is -2.57. The number of rotatable bonds is 14. The lowest BCUT2D eigenvalue weighted by molar-refractivity contribution is -0.145. The predicted octanol–water partition coefficient (Wildman–Crippen LogP) is 0.0229. The highest BCUT2D eigenvalue weighted by Crippen LogP contribution is 2.20. The first-order valence-corrected chi connectivity index (χ1v) is 12.5. The molecule has 0 spiro atoms. The maximum atomic E-state index is 13.3. The number of carbonyl (C=O) groups is 5. The van der Waals surface area contributed by atoms with Crippen molar-refractivity contribution in [2.24, 2.45) is 11.7 Å². The molecule has 0 aromatic rings. The van der Waals surface area contributed by atoms with Crippen molar-refractivity contribution in [3.05, 3.63) is 0 Å². The summed E-state index contributed by atoms with van der Waals surface area (Å²) < 4.78 is 0. The van der Waals surface area contributed by atoms with Crippen molar-refractivity contribution < 1.29 is 34.2 Å². The molecule has 0 aliphatic carbocycles. The Kier molecular flexibility index (Phi) is 12.2. The van der Waals surface area contributed by atoms with Gasteiger partial charge in [-0.2, -0.15) is 11.8 Å². The van der Waals surface area contributed by atoms with Crippen LogP contribution in [0.15, 0.2) is 0 Å². The number of nitrogens with one attached hydrogen (secondary N) is 2. The molecule has 5 unspecified atom stereocenters. The van der Waals surface area contributed by atoms with Crippen molar-refractivity contribution in [2.45, 2.75) is 76.5 Å². The van der Waals surface area contributed by atoms with E-state index in [2.05, 4.69) is 10.6 Å². The van der Waals surface area contributed by atoms with Crippen LogP contribution in [-0.2, 0) is 24.0 Å². The van der Waals surface area contributed by atoms with E-state index in [1.807, 2.05) is 20.1 Å². The first-order chi connectivity index (χ1) is 15.5. The zero-order valence-electron chi connectivity index (χ0n) is 19.4. The van der Waals surface area contributed by atoms with Crippen LogP contribution in [0, 0.1) is 5.92 Å². The molecule has 11 nitrogen and oxygen atoms in total. The summed E-state index contributed by atoms with van der Waals surface area (Å²) in [6.45, 7) is 4.07. The molecule has 0 aromatic heterocycles. The quantitative estimate of drug-likeness (QED) is 0.225. The average molecular weight is 489 g/mol. The molecule has 0 saturated carbocycles. The number of nitrogens with two attached hydrogens (primary N) is 1. The number of nitrogens with zero attached hydrogens (tertiary/aromatic N) is 1. The number of carboxylic acid groups (broad SMARTS) is 2. The molecule has 1 fully saturated rings. The van der Waals surface area contributed by atoms with Crippen molar-refractivity contribution in [3.8, 4) is 0 Å². The Morgan fingerprint density at radius 2 is 1.79 bits per heavy atom. The summed E-state index contributed by atoms with van der Waals surface area (Å²) in [5, 5.41) is 23.2. The third kappa shape index (κ3) is 8.84. The van der Waals surface area contributed by atoms with E-state index in [0.717, 1.165) is 0 Å². The highest BCUT2D eigenvalue weighted by atomic mass is 32.2. The summed E-state index contributed by atoms with van der Waals surface area (Å²) in [7, 11) is 0. The maximum absolute atomic E-state index is 13.3. The number of amides is 3. The molecule has 12 heteroatoms. The molecular weight excluding hydrogens is 452 g/mol. The first kappa shape index (κ1) is 28.7. The number of hydrogen-bond donors (Lipinski definition) is 5. The highest BCUT2D eigenvalue weighted by Gasteiger charge is 2.39. The van der Waals surface area contributed by atoms with E-state index in [1.165, 1.54) is 16.7 Å². The third-order valence-electron chi connectivity index (χ3n) is 5.88. The fraction of sp³-hybridized carbons (Fsp3) is 0.762. The molecule has 0 bridgehead atoms. The first-order valence-electron chi connectivity index (χ1n) is 11.1. The van der Waals surface area contributed by atoms with Gasteiger partial charge in [-0.25, -0.2) is 4.79 Å². The smallest absolute Gasteiger partial charge is 0.326 e. The molecule has 5 atom stereocenters. The lowest BCUT2D eigenvalue weighted by atomic mass is 9.99. The minimum atomic E-state index is -1.37. The number of hydrogen-bond acceptors (Lipinski definition) is 7. The summed E-state index contributed by atoms with van der Waals surface area (Å²) in [6.07, 6.45) is 3.16. The highest BCUT2D eigenvalue weighted by molar-refractivity contribution is 7.98. The summed E-state index contributed by atoms with van der Waals surface area (Å²) in [6, 6.07) is -3.87. The number of carbonyl (C=O) groups excluding carboxylic acids is 3. The van der Waals surface area contributed by atoms with E-state index in [9.17, 15) is 29.1 Å². The van der Waals surface area contributed by atoms with Crippen LogP contribution in [0.5, 0.6) is 0 Å². The zero-order chi connectivity index (χ0) is 25.1. The molecule has 1 aliphatic rings. The largest absolute Gasteiger partial charge is 0.481 e. The summed E-state index contributed by atoms with van der Waals surface area (Å²) in [5.41, 5.74) is 6.01.